The number of anilines is 1. The summed E-state index contributed by atoms with van der Waals surface area (Å²) in [4.78, 5) is 17.9. The summed E-state index contributed by atoms with van der Waals surface area (Å²) in [5.74, 6) is -0.543. The predicted octanol–water partition coefficient (Wildman–Crippen LogP) is 5.52. The van der Waals surface area contributed by atoms with Gasteiger partial charge in [-0.15, -0.1) is 11.3 Å². The zero-order valence-corrected chi connectivity index (χ0v) is 16.2. The number of fused-ring (bicyclic) bond motifs is 1. The Morgan fingerprint density at radius 2 is 1.86 bits per heavy atom. The lowest BCUT2D eigenvalue weighted by molar-refractivity contribution is -0.115. The molecule has 0 fully saturated rings. The second-order valence-corrected chi connectivity index (χ2v) is 7.83. The number of benzene rings is 3. The number of nitrogens with zero attached hydrogens (tertiary/aromatic N) is 1. The molecule has 5 heteroatoms. The molecule has 0 saturated heterocycles. The van der Waals surface area contributed by atoms with E-state index in [1.807, 2.05) is 19.1 Å². The van der Waals surface area contributed by atoms with Gasteiger partial charge in [0.1, 0.15) is 5.82 Å². The van der Waals surface area contributed by atoms with Crippen molar-refractivity contribution in [2.75, 3.05) is 5.32 Å². The zero-order valence-electron chi connectivity index (χ0n) is 15.4. The number of amides is 1. The highest BCUT2D eigenvalue weighted by atomic mass is 32.1. The SMILES string of the molecule is Cc1nc(Cc2cccc3ccccc23)sc1CC(=O)Nc1cccc(F)c1. The Morgan fingerprint density at radius 3 is 2.71 bits per heavy atom. The Balaban J connectivity index is 1.49. The van der Waals surface area contributed by atoms with Crippen LogP contribution in [0.3, 0.4) is 0 Å². The van der Waals surface area contributed by atoms with Crippen molar-refractivity contribution in [2.45, 2.75) is 19.8 Å². The average Bonchev–Trinajstić information content (AvgIpc) is 3.01. The number of thiazole rings is 1. The Kier molecular flexibility index (Phi) is 5.17. The molecule has 0 spiro atoms. The number of carbonyl (C=O) groups excluding carboxylic acids is 1. The first-order valence-electron chi connectivity index (χ1n) is 9.06. The molecule has 0 atom stereocenters. The molecule has 1 N–H and O–H groups in total. The van der Waals surface area contributed by atoms with Crippen molar-refractivity contribution in [2.24, 2.45) is 0 Å². The highest BCUT2D eigenvalue weighted by Gasteiger charge is 2.13. The molecule has 1 amide bonds. The van der Waals surface area contributed by atoms with Crippen molar-refractivity contribution in [1.29, 1.82) is 0 Å². The Labute approximate surface area is 166 Å². The molecule has 3 aromatic carbocycles. The molecule has 0 aliphatic rings. The third kappa shape index (κ3) is 4.10. The van der Waals surface area contributed by atoms with E-state index in [0.717, 1.165) is 22.0 Å². The molecule has 0 aliphatic heterocycles. The zero-order chi connectivity index (χ0) is 19.5. The Bertz CT molecular complexity index is 1150. The summed E-state index contributed by atoms with van der Waals surface area (Å²) in [6, 6.07) is 20.5. The standard InChI is InChI=1S/C23H19FN2OS/c1-15-21(14-22(27)26-19-10-5-9-18(24)13-19)28-23(25-15)12-17-8-4-7-16-6-2-3-11-20(16)17/h2-11,13H,12,14H2,1H3,(H,26,27). The van der Waals surface area contributed by atoms with Crippen LogP contribution >= 0.6 is 11.3 Å². The van der Waals surface area contributed by atoms with Gasteiger partial charge in [0.25, 0.3) is 0 Å². The monoisotopic (exact) mass is 390 g/mol. The fraction of sp³-hybridized carbons (Fsp3) is 0.130. The van der Waals surface area contributed by atoms with Crippen LogP contribution < -0.4 is 5.32 Å². The average molecular weight is 390 g/mol. The van der Waals surface area contributed by atoms with Gasteiger partial charge in [0.15, 0.2) is 0 Å². The summed E-state index contributed by atoms with van der Waals surface area (Å²) in [5, 5.41) is 6.17. The van der Waals surface area contributed by atoms with E-state index >= 15 is 0 Å². The minimum atomic E-state index is -0.371. The van der Waals surface area contributed by atoms with Crippen LogP contribution in [0.15, 0.2) is 66.7 Å². The first-order chi connectivity index (χ1) is 13.6. The molecule has 0 saturated carbocycles. The third-order valence-corrected chi connectivity index (χ3v) is 5.75. The summed E-state index contributed by atoms with van der Waals surface area (Å²) in [6.45, 7) is 1.92. The molecule has 0 radical (unpaired) electrons. The van der Waals surface area contributed by atoms with Crippen molar-refractivity contribution < 1.29 is 9.18 Å². The van der Waals surface area contributed by atoms with Crippen molar-refractivity contribution in [3.63, 3.8) is 0 Å². The molecule has 1 aromatic heterocycles. The first kappa shape index (κ1) is 18.3. The number of halogens is 1. The van der Waals surface area contributed by atoms with E-state index in [0.29, 0.717) is 5.69 Å². The topological polar surface area (TPSA) is 42.0 Å². The molecular formula is C23H19FN2OS. The van der Waals surface area contributed by atoms with Gasteiger partial charge in [0.05, 0.1) is 17.1 Å². The van der Waals surface area contributed by atoms with E-state index in [4.69, 9.17) is 0 Å². The van der Waals surface area contributed by atoms with E-state index in [-0.39, 0.29) is 18.1 Å². The maximum Gasteiger partial charge on any atom is 0.229 e. The lowest BCUT2D eigenvalue weighted by Crippen LogP contribution is -2.14. The molecule has 0 unspecified atom stereocenters. The number of rotatable bonds is 5. The lowest BCUT2D eigenvalue weighted by atomic mass is 10.0. The van der Waals surface area contributed by atoms with Crippen LogP contribution in [-0.2, 0) is 17.6 Å². The van der Waals surface area contributed by atoms with Gasteiger partial charge in [-0.25, -0.2) is 9.37 Å². The number of carbonyl (C=O) groups is 1. The van der Waals surface area contributed by atoms with Gasteiger partial charge in [-0.2, -0.15) is 0 Å². The van der Waals surface area contributed by atoms with Crippen LogP contribution in [0.4, 0.5) is 10.1 Å². The van der Waals surface area contributed by atoms with Gasteiger partial charge in [-0.1, -0.05) is 48.5 Å². The normalized spacial score (nSPS) is 10.9. The minimum Gasteiger partial charge on any atom is -0.326 e. The van der Waals surface area contributed by atoms with E-state index in [2.05, 4.69) is 40.6 Å². The number of nitrogens with one attached hydrogen (secondary N) is 1. The summed E-state index contributed by atoms with van der Waals surface area (Å²) >= 11 is 1.56. The van der Waals surface area contributed by atoms with Gasteiger partial charge in [-0.3, -0.25) is 4.79 Å². The molecule has 4 rings (SSSR count). The van der Waals surface area contributed by atoms with Crippen LogP contribution in [-0.4, -0.2) is 10.9 Å². The number of hydrogen-bond acceptors (Lipinski definition) is 3. The van der Waals surface area contributed by atoms with E-state index < -0.39 is 0 Å². The Morgan fingerprint density at radius 1 is 1.07 bits per heavy atom. The molecular weight excluding hydrogens is 371 g/mol. The van der Waals surface area contributed by atoms with Gasteiger partial charge >= 0.3 is 0 Å². The molecule has 0 aliphatic carbocycles. The fourth-order valence-electron chi connectivity index (χ4n) is 3.25. The van der Waals surface area contributed by atoms with Crippen molar-refractivity contribution in [3.8, 4) is 0 Å². The molecule has 0 bridgehead atoms. The third-order valence-electron chi connectivity index (χ3n) is 4.59. The number of hydrogen-bond donors (Lipinski definition) is 1. The lowest BCUT2D eigenvalue weighted by Gasteiger charge is -2.05. The van der Waals surface area contributed by atoms with Crippen LogP contribution in [0.25, 0.3) is 10.8 Å². The molecule has 28 heavy (non-hydrogen) atoms. The smallest absolute Gasteiger partial charge is 0.229 e. The summed E-state index contributed by atoms with van der Waals surface area (Å²) in [6.07, 6.45) is 0.966. The molecule has 3 nitrogen and oxygen atoms in total. The predicted molar refractivity (Wildman–Crippen MR) is 112 cm³/mol. The number of aryl methyl sites for hydroxylation is 1. The maximum absolute atomic E-state index is 13.3. The van der Waals surface area contributed by atoms with Crippen LogP contribution in [0, 0.1) is 12.7 Å². The highest BCUT2D eigenvalue weighted by molar-refractivity contribution is 7.11. The van der Waals surface area contributed by atoms with E-state index in [1.165, 1.54) is 28.5 Å². The van der Waals surface area contributed by atoms with Gasteiger partial charge in [0.2, 0.25) is 5.91 Å². The maximum atomic E-state index is 13.3. The second-order valence-electron chi connectivity index (χ2n) is 6.67. The Hall–Kier alpha value is -3.05. The van der Waals surface area contributed by atoms with Gasteiger partial charge in [-0.05, 0) is 41.5 Å². The van der Waals surface area contributed by atoms with Crippen LogP contribution in [0.1, 0.15) is 21.1 Å². The van der Waals surface area contributed by atoms with Gasteiger partial charge in [0, 0.05) is 17.0 Å². The van der Waals surface area contributed by atoms with Crippen molar-refractivity contribution in [1.82, 2.24) is 4.98 Å². The van der Waals surface area contributed by atoms with Crippen molar-refractivity contribution >= 4 is 33.7 Å². The van der Waals surface area contributed by atoms with E-state index in [9.17, 15) is 9.18 Å². The minimum absolute atomic E-state index is 0.172. The van der Waals surface area contributed by atoms with Crippen LogP contribution in [0.5, 0.6) is 0 Å². The fourth-order valence-corrected chi connectivity index (χ4v) is 4.35. The second kappa shape index (κ2) is 7.90. The molecule has 4 aromatic rings. The highest BCUT2D eigenvalue weighted by Crippen LogP contribution is 2.25. The number of aromatic nitrogens is 1. The van der Waals surface area contributed by atoms with Crippen LogP contribution in [0.2, 0.25) is 0 Å². The first-order valence-corrected chi connectivity index (χ1v) is 9.87. The summed E-state index contributed by atoms with van der Waals surface area (Å²) in [7, 11) is 0. The molecule has 1 heterocycles. The van der Waals surface area contributed by atoms with E-state index in [1.54, 1.807) is 23.5 Å². The van der Waals surface area contributed by atoms with Gasteiger partial charge < -0.3 is 5.32 Å². The quantitative estimate of drug-likeness (QED) is 0.488. The largest absolute Gasteiger partial charge is 0.326 e. The summed E-state index contributed by atoms with van der Waals surface area (Å²) < 4.78 is 13.3. The molecule has 140 valence electrons. The van der Waals surface area contributed by atoms with Crippen molar-refractivity contribution in [3.05, 3.63) is 93.7 Å². The summed E-state index contributed by atoms with van der Waals surface area (Å²) in [5.41, 5.74) is 2.56.